The molecule has 1 fully saturated rings. The van der Waals surface area contributed by atoms with Crippen molar-refractivity contribution in [3.63, 3.8) is 0 Å². The standard InChI is InChI=1S/C23H26N2O6/c1-15-5-4-10-24(13-15)20-8-6-18(12-21(20)25(28)29)23(27)31-14-19-11-17(16(2)26)7-9-22(19)30-3/h6-9,11-12,15H,4-5,10,13-14H2,1-3H3. The number of carbonyl (C=O) groups is 2. The number of Topliss-reactive ketones (excluding diaryl/α,β-unsaturated/α-hetero) is 1. The molecule has 1 aliphatic heterocycles. The fourth-order valence-electron chi connectivity index (χ4n) is 3.81. The van der Waals surface area contributed by atoms with Gasteiger partial charge >= 0.3 is 5.97 Å². The van der Waals surface area contributed by atoms with E-state index in [9.17, 15) is 19.7 Å². The molecule has 0 aliphatic carbocycles. The van der Waals surface area contributed by atoms with E-state index in [1.54, 1.807) is 30.3 Å². The van der Waals surface area contributed by atoms with Crippen LogP contribution in [0.4, 0.5) is 11.4 Å². The van der Waals surface area contributed by atoms with E-state index in [0.29, 0.717) is 28.5 Å². The number of ether oxygens (including phenoxy) is 2. The molecule has 1 heterocycles. The van der Waals surface area contributed by atoms with Crippen molar-refractivity contribution in [2.75, 3.05) is 25.1 Å². The molecule has 0 aromatic heterocycles. The fraction of sp³-hybridized carbons (Fsp3) is 0.391. The van der Waals surface area contributed by atoms with E-state index in [1.165, 1.54) is 20.1 Å². The van der Waals surface area contributed by atoms with Crippen LogP contribution in [0.1, 0.15) is 53.0 Å². The van der Waals surface area contributed by atoms with E-state index in [4.69, 9.17) is 9.47 Å². The Balaban J connectivity index is 1.79. The molecule has 0 bridgehead atoms. The summed E-state index contributed by atoms with van der Waals surface area (Å²) in [4.78, 5) is 37.4. The molecule has 0 spiro atoms. The maximum atomic E-state index is 12.6. The summed E-state index contributed by atoms with van der Waals surface area (Å²) < 4.78 is 10.6. The summed E-state index contributed by atoms with van der Waals surface area (Å²) in [5.41, 5.74) is 1.52. The highest BCUT2D eigenvalue weighted by atomic mass is 16.6. The van der Waals surface area contributed by atoms with Crippen molar-refractivity contribution in [3.8, 4) is 5.75 Å². The second-order valence-electron chi connectivity index (χ2n) is 7.81. The number of hydrogen-bond donors (Lipinski definition) is 0. The summed E-state index contributed by atoms with van der Waals surface area (Å²) in [5.74, 6) is 0.141. The summed E-state index contributed by atoms with van der Waals surface area (Å²) >= 11 is 0. The first-order valence-electron chi connectivity index (χ1n) is 10.2. The Morgan fingerprint density at radius 1 is 1.19 bits per heavy atom. The lowest BCUT2D eigenvalue weighted by Gasteiger charge is -2.32. The zero-order valence-corrected chi connectivity index (χ0v) is 17.9. The number of esters is 1. The van der Waals surface area contributed by atoms with Crippen LogP contribution in [0.2, 0.25) is 0 Å². The highest BCUT2D eigenvalue weighted by Crippen LogP contribution is 2.33. The van der Waals surface area contributed by atoms with Gasteiger partial charge < -0.3 is 14.4 Å². The Hall–Kier alpha value is -3.42. The summed E-state index contributed by atoms with van der Waals surface area (Å²) in [6.45, 7) is 4.95. The van der Waals surface area contributed by atoms with Crippen molar-refractivity contribution in [1.82, 2.24) is 0 Å². The highest BCUT2D eigenvalue weighted by Gasteiger charge is 2.25. The number of rotatable bonds is 7. The van der Waals surface area contributed by atoms with Gasteiger partial charge in [0.2, 0.25) is 0 Å². The molecule has 8 heteroatoms. The van der Waals surface area contributed by atoms with Gasteiger partial charge in [0.15, 0.2) is 5.78 Å². The molecular weight excluding hydrogens is 400 g/mol. The van der Waals surface area contributed by atoms with Gasteiger partial charge in [-0.3, -0.25) is 14.9 Å². The number of nitro benzene ring substituents is 1. The van der Waals surface area contributed by atoms with Gasteiger partial charge in [0.05, 0.1) is 17.6 Å². The van der Waals surface area contributed by atoms with Crippen molar-refractivity contribution in [1.29, 1.82) is 0 Å². The van der Waals surface area contributed by atoms with E-state index < -0.39 is 10.9 Å². The molecule has 8 nitrogen and oxygen atoms in total. The van der Waals surface area contributed by atoms with Gasteiger partial charge in [0.1, 0.15) is 18.0 Å². The maximum Gasteiger partial charge on any atom is 0.338 e. The van der Waals surface area contributed by atoms with Crippen molar-refractivity contribution in [2.24, 2.45) is 5.92 Å². The predicted molar refractivity (Wildman–Crippen MR) is 116 cm³/mol. The van der Waals surface area contributed by atoms with E-state index in [1.807, 2.05) is 4.90 Å². The first-order chi connectivity index (χ1) is 14.8. The van der Waals surface area contributed by atoms with Gasteiger partial charge in [-0.1, -0.05) is 6.92 Å². The Morgan fingerprint density at radius 2 is 1.94 bits per heavy atom. The van der Waals surface area contributed by atoms with E-state index >= 15 is 0 Å². The molecule has 31 heavy (non-hydrogen) atoms. The number of ketones is 1. The smallest absolute Gasteiger partial charge is 0.338 e. The number of nitrogens with zero attached hydrogens (tertiary/aromatic N) is 2. The van der Waals surface area contributed by atoms with E-state index in [0.717, 1.165) is 25.9 Å². The molecule has 1 aliphatic rings. The molecule has 1 saturated heterocycles. The Morgan fingerprint density at radius 3 is 2.58 bits per heavy atom. The minimum Gasteiger partial charge on any atom is -0.496 e. The Kier molecular flexibility index (Phi) is 6.89. The Bertz CT molecular complexity index is 1000. The Labute approximate surface area is 180 Å². The molecule has 1 atom stereocenters. The van der Waals surface area contributed by atoms with Crippen LogP contribution in [0, 0.1) is 16.0 Å². The molecule has 0 radical (unpaired) electrons. The predicted octanol–water partition coefficient (Wildman–Crippen LogP) is 4.40. The van der Waals surface area contributed by atoms with E-state index in [2.05, 4.69) is 6.92 Å². The van der Waals surface area contributed by atoms with Crippen molar-refractivity contribution in [2.45, 2.75) is 33.3 Å². The lowest BCUT2D eigenvalue weighted by molar-refractivity contribution is -0.384. The molecule has 2 aromatic rings. The molecule has 164 valence electrons. The first-order valence-corrected chi connectivity index (χ1v) is 10.2. The highest BCUT2D eigenvalue weighted by molar-refractivity contribution is 5.94. The average Bonchev–Trinajstić information content (AvgIpc) is 2.76. The van der Waals surface area contributed by atoms with E-state index in [-0.39, 0.29) is 23.6 Å². The summed E-state index contributed by atoms with van der Waals surface area (Å²) in [6, 6.07) is 9.31. The number of benzene rings is 2. The summed E-state index contributed by atoms with van der Waals surface area (Å²) in [6.07, 6.45) is 2.08. The van der Waals surface area contributed by atoms with Crippen molar-refractivity contribution in [3.05, 3.63) is 63.2 Å². The monoisotopic (exact) mass is 426 g/mol. The quantitative estimate of drug-likeness (QED) is 0.280. The van der Waals surface area contributed by atoms with Gasteiger partial charge in [-0.2, -0.15) is 0 Å². The zero-order chi connectivity index (χ0) is 22.5. The van der Waals surface area contributed by atoms with Gasteiger partial charge in [-0.05, 0) is 56.0 Å². The summed E-state index contributed by atoms with van der Waals surface area (Å²) in [5, 5.41) is 11.7. The molecule has 0 saturated carbocycles. The lowest BCUT2D eigenvalue weighted by atomic mass is 9.99. The van der Waals surface area contributed by atoms with Crippen molar-refractivity contribution < 1.29 is 24.0 Å². The maximum absolute atomic E-state index is 12.6. The summed E-state index contributed by atoms with van der Waals surface area (Å²) in [7, 11) is 1.48. The minimum atomic E-state index is -0.683. The number of hydrogen-bond acceptors (Lipinski definition) is 7. The van der Waals surface area contributed by atoms with Crippen LogP contribution in [0.25, 0.3) is 0 Å². The largest absolute Gasteiger partial charge is 0.496 e. The normalized spacial score (nSPS) is 16.0. The number of carbonyl (C=O) groups excluding carboxylic acids is 2. The van der Waals surface area contributed by atoms with Crippen LogP contribution in [0.3, 0.4) is 0 Å². The lowest BCUT2D eigenvalue weighted by Crippen LogP contribution is -2.34. The molecule has 1 unspecified atom stereocenters. The second-order valence-corrected chi connectivity index (χ2v) is 7.81. The van der Waals surface area contributed by atoms with Gasteiger partial charge in [-0.15, -0.1) is 0 Å². The third kappa shape index (κ3) is 5.20. The number of piperidine rings is 1. The fourth-order valence-corrected chi connectivity index (χ4v) is 3.81. The molecule has 0 N–H and O–H groups in total. The van der Waals surface area contributed by atoms with Gasteiger partial charge in [0.25, 0.3) is 5.69 Å². The molecule has 0 amide bonds. The third-order valence-corrected chi connectivity index (χ3v) is 5.45. The number of anilines is 1. The molecular formula is C23H26N2O6. The zero-order valence-electron chi connectivity index (χ0n) is 17.9. The van der Waals surface area contributed by atoms with Crippen LogP contribution in [0.15, 0.2) is 36.4 Å². The topological polar surface area (TPSA) is 99.0 Å². The van der Waals surface area contributed by atoms with Crippen LogP contribution in [-0.2, 0) is 11.3 Å². The second kappa shape index (κ2) is 9.59. The third-order valence-electron chi connectivity index (χ3n) is 5.45. The van der Waals surface area contributed by atoms with Crippen LogP contribution >= 0.6 is 0 Å². The minimum absolute atomic E-state index is 0.0993. The molecule has 2 aromatic carbocycles. The number of methoxy groups -OCH3 is 1. The van der Waals surface area contributed by atoms with Crippen molar-refractivity contribution >= 4 is 23.1 Å². The first kappa shape index (κ1) is 22.3. The van der Waals surface area contributed by atoms with Crippen LogP contribution in [-0.4, -0.2) is 36.9 Å². The van der Waals surface area contributed by atoms with Crippen LogP contribution in [0.5, 0.6) is 5.75 Å². The van der Waals surface area contributed by atoms with Gasteiger partial charge in [0, 0.05) is 30.3 Å². The van der Waals surface area contributed by atoms with Gasteiger partial charge in [-0.25, -0.2) is 4.79 Å². The van der Waals surface area contributed by atoms with Crippen LogP contribution < -0.4 is 9.64 Å². The SMILES string of the molecule is COc1ccc(C(C)=O)cc1COC(=O)c1ccc(N2CCCC(C)C2)c([N+](=O)[O-])c1. The molecule has 3 rings (SSSR count). The average molecular weight is 426 g/mol. The number of nitro groups is 1.